The lowest BCUT2D eigenvalue weighted by molar-refractivity contribution is 0.0964. The van der Waals surface area contributed by atoms with Gasteiger partial charge < -0.3 is 10.6 Å². The lowest BCUT2D eigenvalue weighted by atomic mass is 10.1. The zero-order valence-electron chi connectivity index (χ0n) is 20.5. The molecule has 36 heavy (non-hydrogen) atoms. The van der Waals surface area contributed by atoms with Crippen LogP contribution < -0.4 is 10.6 Å². The molecule has 182 valence electrons. The van der Waals surface area contributed by atoms with Crippen LogP contribution in [0.25, 0.3) is 22.6 Å². The average molecular weight is 484 g/mol. The van der Waals surface area contributed by atoms with Crippen LogP contribution in [-0.2, 0) is 0 Å². The second kappa shape index (κ2) is 10.3. The smallest absolute Gasteiger partial charge is 0.254 e. The molecule has 4 aromatic rings. The number of aryl methyl sites for hydroxylation is 1. The molecule has 4 rings (SSSR count). The highest BCUT2D eigenvalue weighted by Crippen LogP contribution is 2.28. The molecule has 1 unspecified atom stereocenters. The number of hydrogen-bond donors (Lipinski definition) is 2. The van der Waals surface area contributed by atoms with Gasteiger partial charge in [0.1, 0.15) is 11.6 Å². The summed E-state index contributed by atoms with van der Waals surface area (Å²) in [6, 6.07) is 10.9. The van der Waals surface area contributed by atoms with Crippen LogP contribution in [0.15, 0.2) is 72.3 Å². The van der Waals surface area contributed by atoms with E-state index in [0.29, 0.717) is 28.3 Å². The minimum atomic E-state index is -0.404. The Bertz CT molecular complexity index is 1530. The number of rotatable bonds is 7. The van der Waals surface area contributed by atoms with Crippen molar-refractivity contribution in [3.05, 3.63) is 83.6 Å². The lowest BCUT2D eigenvalue weighted by Gasteiger charge is -2.14. The molecule has 0 radical (unpaired) electrons. The van der Waals surface area contributed by atoms with E-state index in [1.807, 2.05) is 50.2 Å². The van der Waals surface area contributed by atoms with Gasteiger partial charge in [-0.15, -0.1) is 11.5 Å². The molecule has 2 N–H and O–H groups in total. The highest BCUT2D eigenvalue weighted by Gasteiger charge is 2.18. The fraction of sp³-hybridized carbons (Fsp3) is 0.185. The van der Waals surface area contributed by atoms with Crippen molar-refractivity contribution in [3.8, 4) is 29.4 Å². The number of anilines is 1. The van der Waals surface area contributed by atoms with E-state index < -0.39 is 6.04 Å². The van der Waals surface area contributed by atoms with E-state index in [1.165, 1.54) is 19.2 Å². The summed E-state index contributed by atoms with van der Waals surface area (Å²) < 4.78 is 17.5. The summed E-state index contributed by atoms with van der Waals surface area (Å²) in [6.07, 6.45) is 11.7. The minimum absolute atomic E-state index is 0.229. The van der Waals surface area contributed by atoms with Crippen LogP contribution in [0.1, 0.15) is 29.9 Å². The van der Waals surface area contributed by atoms with Crippen molar-refractivity contribution in [2.45, 2.75) is 26.8 Å². The second-order valence-corrected chi connectivity index (χ2v) is 8.20. The van der Waals surface area contributed by atoms with Crippen LogP contribution in [0, 0.1) is 19.3 Å². The molecular formula is C27H26FN7O. The first-order chi connectivity index (χ1) is 17.3. The molecule has 1 amide bonds. The number of pyridine rings is 2. The van der Waals surface area contributed by atoms with E-state index >= 15 is 0 Å². The van der Waals surface area contributed by atoms with Gasteiger partial charge in [0, 0.05) is 36.1 Å². The third kappa shape index (κ3) is 4.88. The quantitative estimate of drug-likeness (QED) is 0.299. The maximum Gasteiger partial charge on any atom is 0.254 e. The Morgan fingerprint density at radius 1 is 1.28 bits per heavy atom. The van der Waals surface area contributed by atoms with Crippen LogP contribution in [0.5, 0.6) is 0 Å². The first-order valence-corrected chi connectivity index (χ1v) is 11.3. The predicted octanol–water partition coefficient (Wildman–Crippen LogP) is 4.48. The molecule has 9 heteroatoms. The van der Waals surface area contributed by atoms with Crippen LogP contribution in [-0.4, -0.2) is 43.4 Å². The average Bonchev–Trinajstić information content (AvgIpc) is 3.47. The first kappa shape index (κ1) is 24.4. The van der Waals surface area contributed by atoms with Gasteiger partial charge in [0.25, 0.3) is 5.91 Å². The van der Waals surface area contributed by atoms with E-state index in [2.05, 4.69) is 26.6 Å². The summed E-state index contributed by atoms with van der Waals surface area (Å²) >= 11 is 0. The van der Waals surface area contributed by atoms with Gasteiger partial charge in [0.05, 0.1) is 29.0 Å². The summed E-state index contributed by atoms with van der Waals surface area (Å²) in [6.45, 7) is 5.12. The molecule has 4 aromatic heterocycles. The molecule has 0 saturated carbocycles. The van der Waals surface area contributed by atoms with Crippen molar-refractivity contribution in [1.82, 2.24) is 29.7 Å². The molecule has 0 aliphatic carbocycles. The fourth-order valence-corrected chi connectivity index (χ4v) is 3.92. The zero-order valence-corrected chi connectivity index (χ0v) is 20.5. The van der Waals surface area contributed by atoms with Crippen molar-refractivity contribution < 1.29 is 9.18 Å². The van der Waals surface area contributed by atoms with Gasteiger partial charge in [-0.25, -0.2) is 18.6 Å². The molecule has 0 saturated heterocycles. The van der Waals surface area contributed by atoms with Crippen LogP contribution in [0.3, 0.4) is 0 Å². The Hall–Kier alpha value is -4.71. The van der Waals surface area contributed by atoms with E-state index in [4.69, 9.17) is 11.5 Å². The fourth-order valence-electron chi connectivity index (χ4n) is 3.92. The van der Waals surface area contributed by atoms with Gasteiger partial charge in [-0.05, 0) is 57.2 Å². The summed E-state index contributed by atoms with van der Waals surface area (Å²) in [5.41, 5.74) is 3.90. The topological polar surface area (TPSA) is 89.1 Å². The van der Waals surface area contributed by atoms with E-state index in [1.54, 1.807) is 28.5 Å². The summed E-state index contributed by atoms with van der Waals surface area (Å²) in [4.78, 5) is 17.0. The number of allylic oxidation sites excluding steroid dienone is 2. The molecule has 0 aliphatic heterocycles. The molecule has 0 fully saturated rings. The third-order valence-corrected chi connectivity index (χ3v) is 5.68. The van der Waals surface area contributed by atoms with Gasteiger partial charge in [-0.2, -0.15) is 5.10 Å². The second-order valence-electron chi connectivity index (χ2n) is 8.20. The Kier molecular flexibility index (Phi) is 6.97. The van der Waals surface area contributed by atoms with Crippen molar-refractivity contribution >= 4 is 17.2 Å². The molecule has 0 aromatic carbocycles. The molecule has 8 nitrogen and oxygen atoms in total. The Morgan fingerprint density at radius 3 is 2.78 bits per heavy atom. The van der Waals surface area contributed by atoms with Crippen molar-refractivity contribution in [2.24, 2.45) is 0 Å². The zero-order chi connectivity index (χ0) is 25.8. The molecule has 0 bridgehead atoms. The number of nitrogens with one attached hydrogen (secondary N) is 2. The highest BCUT2D eigenvalue weighted by molar-refractivity contribution is 6.01. The summed E-state index contributed by atoms with van der Waals surface area (Å²) in [5.74, 6) is 2.96. The minimum Gasteiger partial charge on any atom is -0.362 e. The highest BCUT2D eigenvalue weighted by atomic mass is 19.1. The number of terminal acetylenes is 1. The number of halogens is 1. The van der Waals surface area contributed by atoms with E-state index in [0.717, 1.165) is 17.0 Å². The molecule has 1 atom stereocenters. The van der Waals surface area contributed by atoms with Crippen molar-refractivity contribution in [2.75, 3.05) is 12.4 Å². The maximum atomic E-state index is 14.2. The number of carbonyl (C=O) groups excluding carboxylic acids is 1. The largest absolute Gasteiger partial charge is 0.362 e. The standard InChI is InChI=1S/C27H26FN7O/c1-6-7-10-21(18(3)28)19(4)32-25-15-23(35(33-25)26-11-8-9-17(2)31-26)20-12-13-34-24(14-20)22(16-30-34)27(36)29-5/h1,7-16,19H,2-5H3,(H,29,36)(H,32,33)/b10-7-,21-18-. The molecule has 0 spiro atoms. The number of fused-ring (bicyclic) bond motifs is 1. The Morgan fingerprint density at radius 2 is 2.08 bits per heavy atom. The summed E-state index contributed by atoms with van der Waals surface area (Å²) in [7, 11) is 1.58. The normalized spacial score (nSPS) is 12.9. The monoisotopic (exact) mass is 483 g/mol. The van der Waals surface area contributed by atoms with Crippen molar-refractivity contribution in [3.63, 3.8) is 0 Å². The van der Waals surface area contributed by atoms with E-state index in [9.17, 15) is 9.18 Å². The lowest BCUT2D eigenvalue weighted by Crippen LogP contribution is -2.18. The Labute approximate surface area is 208 Å². The molecular weight excluding hydrogens is 457 g/mol. The van der Waals surface area contributed by atoms with Crippen LogP contribution in [0.2, 0.25) is 0 Å². The van der Waals surface area contributed by atoms with Gasteiger partial charge >= 0.3 is 0 Å². The number of aromatic nitrogens is 5. The van der Waals surface area contributed by atoms with E-state index in [-0.39, 0.29) is 11.7 Å². The van der Waals surface area contributed by atoms with Crippen molar-refractivity contribution in [1.29, 1.82) is 0 Å². The van der Waals surface area contributed by atoms with Gasteiger partial charge in [0.15, 0.2) is 5.82 Å². The predicted molar refractivity (Wildman–Crippen MR) is 139 cm³/mol. The summed E-state index contributed by atoms with van der Waals surface area (Å²) in [5, 5.41) is 14.9. The van der Waals surface area contributed by atoms with Gasteiger partial charge in [-0.1, -0.05) is 12.0 Å². The number of nitrogens with zero attached hydrogens (tertiary/aromatic N) is 5. The van der Waals surface area contributed by atoms with Gasteiger partial charge in [-0.3, -0.25) is 4.79 Å². The molecule has 4 heterocycles. The van der Waals surface area contributed by atoms with Gasteiger partial charge in [0.2, 0.25) is 0 Å². The molecule has 0 aliphatic rings. The number of hydrogen-bond acceptors (Lipinski definition) is 5. The third-order valence-electron chi connectivity index (χ3n) is 5.68. The van der Waals surface area contributed by atoms with Crippen LogP contribution in [0.4, 0.5) is 10.2 Å². The van der Waals surface area contributed by atoms with Crippen LogP contribution >= 0.6 is 0 Å². The SMILES string of the molecule is C#C/C=C\C(=C(/C)F)C(C)Nc1cc(-c2ccn3ncc(C(=O)NC)c3c2)n(-c2cccc(C)n2)n1. The number of carbonyl (C=O) groups is 1. The Balaban J connectivity index is 1.82. The number of amides is 1. The maximum absolute atomic E-state index is 14.2. The first-order valence-electron chi connectivity index (χ1n) is 11.3.